The van der Waals surface area contributed by atoms with Crippen LogP contribution in [0.15, 0.2) is 22.6 Å². The number of ether oxygens (including phenoxy) is 2. The molecular weight excluding hydrogens is 370 g/mol. The van der Waals surface area contributed by atoms with Gasteiger partial charge in [-0.15, -0.1) is 0 Å². The second kappa shape index (κ2) is 6.87. The zero-order valence-electron chi connectivity index (χ0n) is 16.2. The van der Waals surface area contributed by atoms with E-state index >= 15 is 0 Å². The van der Waals surface area contributed by atoms with Crippen LogP contribution in [0.3, 0.4) is 0 Å². The Kier molecular flexibility index (Phi) is 4.98. The Morgan fingerprint density at radius 3 is 2.50 bits per heavy atom. The quantitative estimate of drug-likeness (QED) is 0.357. The third-order valence-corrected chi connectivity index (χ3v) is 5.52. The van der Waals surface area contributed by atoms with E-state index in [0.29, 0.717) is 23.4 Å². The number of carbonyl (C=O) groups excluding carboxylic acids is 2. The zero-order valence-corrected chi connectivity index (χ0v) is 16.2. The number of carbonyl (C=O) groups is 3. The van der Waals surface area contributed by atoms with Crippen molar-refractivity contribution in [1.82, 2.24) is 10.2 Å². The summed E-state index contributed by atoms with van der Waals surface area (Å²) in [5.41, 5.74) is 4.19. The lowest BCUT2D eigenvalue weighted by Gasteiger charge is -2.39. The summed E-state index contributed by atoms with van der Waals surface area (Å²) in [4.78, 5) is 36.7. The van der Waals surface area contributed by atoms with Gasteiger partial charge in [-0.25, -0.2) is 4.79 Å². The molecule has 3 aliphatic heterocycles. The van der Waals surface area contributed by atoms with Gasteiger partial charge in [0.1, 0.15) is 0 Å². The smallest absolute Gasteiger partial charge is 0.402 e. The first kappa shape index (κ1) is 20.3. The molecule has 154 valence electrons. The molecule has 4 atom stereocenters. The molecule has 0 spiro atoms. The molecule has 0 radical (unpaired) electrons. The highest BCUT2D eigenvalue weighted by Crippen LogP contribution is 2.55. The molecule has 4 rings (SSSR count). The second-order valence-electron chi connectivity index (χ2n) is 7.43. The summed E-state index contributed by atoms with van der Waals surface area (Å²) in [6, 6.07) is 0.245. The normalized spacial score (nSPS) is 32.8. The molecule has 1 aliphatic carbocycles. The van der Waals surface area contributed by atoms with Crippen LogP contribution < -0.4 is 11.1 Å². The number of nitrogens with one attached hydrogen (secondary N) is 1. The van der Waals surface area contributed by atoms with Gasteiger partial charge in [0.25, 0.3) is 0 Å². The van der Waals surface area contributed by atoms with Crippen molar-refractivity contribution in [2.45, 2.75) is 44.7 Å². The average Bonchev–Trinajstić information content (AvgIpc) is 3.22. The number of aliphatic hydroxyl groups excluding tert-OH is 1. The highest BCUT2D eigenvalue weighted by molar-refractivity contribution is 6.25. The van der Waals surface area contributed by atoms with Gasteiger partial charge < -0.3 is 35.6 Å². The first-order valence-electron chi connectivity index (χ1n) is 9.00. The number of hydrogen-bond acceptors (Lipinski definition) is 8. The number of nitrogens with zero attached hydrogens (tertiary/aromatic N) is 1. The lowest BCUT2D eigenvalue weighted by Crippen LogP contribution is -2.54. The van der Waals surface area contributed by atoms with E-state index in [1.54, 1.807) is 14.0 Å². The highest BCUT2D eigenvalue weighted by Gasteiger charge is 2.72. The molecule has 1 amide bonds. The molecule has 2 fully saturated rings. The van der Waals surface area contributed by atoms with Crippen LogP contribution in [0.4, 0.5) is 4.79 Å². The van der Waals surface area contributed by atoms with Crippen LogP contribution in [0.2, 0.25) is 0 Å². The lowest BCUT2D eigenvalue weighted by molar-refractivity contribution is -0.137. The topological polar surface area (TPSA) is 161 Å². The molecule has 3 heterocycles. The predicted octanol–water partition coefficient (Wildman–Crippen LogP) is -0.665. The van der Waals surface area contributed by atoms with E-state index in [2.05, 4.69) is 11.1 Å². The fourth-order valence-corrected chi connectivity index (χ4v) is 4.50. The number of nitrogens with two attached hydrogens (primary N) is 1. The van der Waals surface area contributed by atoms with E-state index in [1.807, 2.05) is 18.7 Å². The summed E-state index contributed by atoms with van der Waals surface area (Å²) in [6.45, 7) is 5.58. The molecule has 0 aromatic carbocycles. The third kappa shape index (κ3) is 2.71. The lowest BCUT2D eigenvalue weighted by atomic mass is 9.83. The SMILES string of the molecule is COC12C(CO)C3=C(C(=O)C(C)=C(OC(C)C)C3=O)N1CC1NC12.NC(=O)O. The minimum absolute atomic E-state index is 0.0145. The van der Waals surface area contributed by atoms with Gasteiger partial charge in [0.15, 0.2) is 11.5 Å². The summed E-state index contributed by atoms with van der Waals surface area (Å²) in [7, 11) is 1.57. The minimum atomic E-state index is -1.33. The Bertz CT molecular complexity index is 799. The van der Waals surface area contributed by atoms with E-state index < -0.39 is 17.7 Å². The van der Waals surface area contributed by atoms with Gasteiger partial charge in [-0.1, -0.05) is 0 Å². The average molecular weight is 395 g/mol. The summed E-state index contributed by atoms with van der Waals surface area (Å²) in [5.74, 6) is -0.991. The van der Waals surface area contributed by atoms with E-state index in [4.69, 9.17) is 19.4 Å². The molecular formula is C18H25N3O7. The van der Waals surface area contributed by atoms with Crippen LogP contribution in [0, 0.1) is 5.92 Å². The van der Waals surface area contributed by atoms with Crippen molar-refractivity contribution >= 4 is 17.7 Å². The van der Waals surface area contributed by atoms with Crippen molar-refractivity contribution in [3.63, 3.8) is 0 Å². The molecule has 28 heavy (non-hydrogen) atoms. The summed E-state index contributed by atoms with van der Waals surface area (Å²) in [6.07, 6.45) is -1.55. The summed E-state index contributed by atoms with van der Waals surface area (Å²) in [5, 5.41) is 20.5. The molecule has 2 saturated heterocycles. The van der Waals surface area contributed by atoms with Gasteiger partial charge in [0, 0.05) is 30.8 Å². The number of amides is 1. The Morgan fingerprint density at radius 1 is 1.39 bits per heavy atom. The van der Waals surface area contributed by atoms with E-state index in [9.17, 15) is 14.7 Å². The van der Waals surface area contributed by atoms with Gasteiger partial charge in [-0.05, 0) is 20.8 Å². The molecule has 10 heteroatoms. The van der Waals surface area contributed by atoms with E-state index in [1.165, 1.54) is 0 Å². The zero-order chi connectivity index (χ0) is 21.0. The minimum Gasteiger partial charge on any atom is -0.486 e. The van der Waals surface area contributed by atoms with Crippen LogP contribution in [-0.2, 0) is 19.1 Å². The van der Waals surface area contributed by atoms with Crippen molar-refractivity contribution in [2.24, 2.45) is 11.7 Å². The fourth-order valence-electron chi connectivity index (χ4n) is 4.50. The Balaban J connectivity index is 0.000000516. The molecule has 10 nitrogen and oxygen atoms in total. The maximum absolute atomic E-state index is 13.1. The van der Waals surface area contributed by atoms with Crippen LogP contribution in [0.25, 0.3) is 0 Å². The number of rotatable bonds is 4. The first-order chi connectivity index (χ1) is 13.1. The maximum Gasteiger partial charge on any atom is 0.402 e. The van der Waals surface area contributed by atoms with Gasteiger partial charge in [0.2, 0.25) is 11.6 Å². The number of fused-ring (bicyclic) bond motifs is 4. The predicted molar refractivity (Wildman–Crippen MR) is 95.9 cm³/mol. The molecule has 4 aliphatic rings. The molecule has 0 aromatic heterocycles. The summed E-state index contributed by atoms with van der Waals surface area (Å²) < 4.78 is 11.4. The second-order valence-corrected chi connectivity index (χ2v) is 7.43. The van der Waals surface area contributed by atoms with Crippen molar-refractivity contribution in [2.75, 3.05) is 20.3 Å². The number of ketones is 2. The number of aliphatic hydroxyl groups is 1. The molecule has 0 saturated carbocycles. The number of primary amides is 1. The largest absolute Gasteiger partial charge is 0.486 e. The van der Waals surface area contributed by atoms with Crippen LogP contribution in [0.1, 0.15) is 20.8 Å². The molecule has 0 aromatic rings. The van der Waals surface area contributed by atoms with E-state index in [-0.39, 0.29) is 42.1 Å². The van der Waals surface area contributed by atoms with Crippen LogP contribution >= 0.6 is 0 Å². The number of piperazine rings is 1. The van der Waals surface area contributed by atoms with Gasteiger partial charge >= 0.3 is 6.09 Å². The van der Waals surface area contributed by atoms with Crippen molar-refractivity contribution < 1.29 is 34.1 Å². The number of allylic oxidation sites excluding steroid dienone is 2. The number of methoxy groups -OCH3 is 1. The molecule has 0 bridgehead atoms. The Hall–Kier alpha value is -2.43. The van der Waals surface area contributed by atoms with Crippen LogP contribution in [-0.4, -0.2) is 76.9 Å². The van der Waals surface area contributed by atoms with Gasteiger partial charge in [0.05, 0.1) is 30.4 Å². The number of carboxylic acid groups (broad SMARTS) is 1. The van der Waals surface area contributed by atoms with Gasteiger partial charge in [-0.2, -0.15) is 0 Å². The number of hydrogen-bond donors (Lipinski definition) is 4. The number of Topliss-reactive ketones (excluding diaryl/α,β-unsaturated/α-hetero) is 2. The van der Waals surface area contributed by atoms with Crippen LogP contribution in [0.5, 0.6) is 0 Å². The van der Waals surface area contributed by atoms with Crippen molar-refractivity contribution in [1.29, 1.82) is 0 Å². The summed E-state index contributed by atoms with van der Waals surface area (Å²) >= 11 is 0. The Morgan fingerprint density at radius 2 is 2.00 bits per heavy atom. The monoisotopic (exact) mass is 395 g/mol. The first-order valence-corrected chi connectivity index (χ1v) is 9.00. The van der Waals surface area contributed by atoms with Gasteiger partial charge in [-0.3, -0.25) is 9.59 Å². The fraction of sp³-hybridized carbons (Fsp3) is 0.611. The van der Waals surface area contributed by atoms with Crippen molar-refractivity contribution in [3.8, 4) is 0 Å². The standard InChI is InChI=1S/C17H22N2O5.CH3NO2/c1-7(2)24-15-8(3)13(21)12-11(14(15)22)9(6-20)17(23-4)16-10(18-16)5-19(12)17;2-1(3)4/h7,9-10,16,18,20H,5-6H2,1-4H3;2H2,(H,3,4). The third-order valence-electron chi connectivity index (χ3n) is 5.52. The van der Waals surface area contributed by atoms with Crippen molar-refractivity contribution in [3.05, 3.63) is 22.6 Å². The highest BCUT2D eigenvalue weighted by atomic mass is 16.5. The molecule has 5 N–H and O–H groups in total. The van der Waals surface area contributed by atoms with E-state index in [0.717, 1.165) is 0 Å². The maximum atomic E-state index is 13.1. The molecule has 4 unspecified atom stereocenters. The Labute approximate surface area is 161 Å².